The number of aryl methyl sites for hydroxylation is 1. The maximum Gasteiger partial charge on any atom is 0.234 e. The van der Waals surface area contributed by atoms with Gasteiger partial charge in [0, 0.05) is 10.7 Å². The molecule has 1 heterocycles. The van der Waals surface area contributed by atoms with Crippen LogP contribution in [-0.4, -0.2) is 16.6 Å². The molecular formula is C19H17Cl2N3OS. The van der Waals surface area contributed by atoms with Gasteiger partial charge in [0.05, 0.1) is 22.0 Å². The molecule has 0 fully saturated rings. The fourth-order valence-corrected chi connectivity index (χ4v) is 4.04. The van der Waals surface area contributed by atoms with Gasteiger partial charge in [0.15, 0.2) is 0 Å². The first kappa shape index (κ1) is 19.0. The lowest BCUT2D eigenvalue weighted by Crippen LogP contribution is -2.16. The second kappa shape index (κ2) is 8.30. The van der Waals surface area contributed by atoms with Gasteiger partial charge in [0.1, 0.15) is 11.1 Å². The minimum Gasteiger partial charge on any atom is -0.324 e. The van der Waals surface area contributed by atoms with Crippen molar-refractivity contribution in [1.29, 1.82) is 5.26 Å². The predicted molar refractivity (Wildman–Crippen MR) is 106 cm³/mol. The third-order valence-electron chi connectivity index (χ3n) is 4.26. The Hall–Kier alpha value is -1.74. The quantitative estimate of drug-likeness (QED) is 0.716. The van der Waals surface area contributed by atoms with Crippen LogP contribution in [0.4, 0.5) is 5.69 Å². The molecular weight excluding hydrogens is 389 g/mol. The number of nitriles is 1. The predicted octanol–water partition coefficient (Wildman–Crippen LogP) is 5.12. The summed E-state index contributed by atoms with van der Waals surface area (Å²) < 4.78 is 0. The Kier molecular flexibility index (Phi) is 6.08. The second-order valence-corrected chi connectivity index (χ2v) is 8.18. The molecule has 1 aliphatic carbocycles. The van der Waals surface area contributed by atoms with E-state index in [4.69, 9.17) is 23.2 Å². The van der Waals surface area contributed by atoms with Gasteiger partial charge in [-0.1, -0.05) is 41.9 Å². The van der Waals surface area contributed by atoms with Crippen LogP contribution >= 0.6 is 35.0 Å². The van der Waals surface area contributed by atoms with E-state index < -0.39 is 0 Å². The summed E-state index contributed by atoms with van der Waals surface area (Å²) in [6, 6.07) is 9.01. The number of carbonyl (C=O) groups is 1. The average molecular weight is 406 g/mol. The number of aromatic nitrogens is 1. The molecule has 1 unspecified atom stereocenters. The highest BCUT2D eigenvalue weighted by molar-refractivity contribution is 8.00. The van der Waals surface area contributed by atoms with E-state index in [1.165, 1.54) is 11.8 Å². The van der Waals surface area contributed by atoms with Crippen molar-refractivity contribution in [2.45, 2.75) is 31.2 Å². The van der Waals surface area contributed by atoms with Crippen LogP contribution in [0.5, 0.6) is 0 Å². The van der Waals surface area contributed by atoms with E-state index in [0.29, 0.717) is 32.2 Å². The van der Waals surface area contributed by atoms with E-state index in [9.17, 15) is 10.1 Å². The Balaban J connectivity index is 1.70. The summed E-state index contributed by atoms with van der Waals surface area (Å²) >= 11 is 13.3. The minimum absolute atomic E-state index is 0.139. The van der Waals surface area contributed by atoms with Crippen molar-refractivity contribution in [1.82, 2.24) is 4.98 Å². The van der Waals surface area contributed by atoms with Crippen molar-refractivity contribution in [2.24, 2.45) is 5.92 Å². The first-order valence-electron chi connectivity index (χ1n) is 8.27. The molecule has 1 aliphatic rings. The van der Waals surface area contributed by atoms with Crippen molar-refractivity contribution >= 4 is 46.6 Å². The summed E-state index contributed by atoms with van der Waals surface area (Å²) in [5.74, 6) is 0.526. The number of nitrogens with one attached hydrogen (secondary N) is 1. The molecule has 134 valence electrons. The van der Waals surface area contributed by atoms with Gasteiger partial charge >= 0.3 is 0 Å². The highest BCUT2D eigenvalue weighted by atomic mass is 35.5. The molecule has 1 atom stereocenters. The van der Waals surface area contributed by atoms with Gasteiger partial charge < -0.3 is 5.32 Å². The first-order valence-corrected chi connectivity index (χ1v) is 10.0. The molecule has 0 radical (unpaired) electrons. The van der Waals surface area contributed by atoms with Gasteiger partial charge in [-0.15, -0.1) is 0 Å². The second-order valence-electron chi connectivity index (χ2n) is 6.37. The number of carbonyl (C=O) groups excluding carboxylic acids is 1. The van der Waals surface area contributed by atoms with Crippen molar-refractivity contribution in [3.05, 3.63) is 51.1 Å². The summed E-state index contributed by atoms with van der Waals surface area (Å²) in [7, 11) is 0. The van der Waals surface area contributed by atoms with Crippen molar-refractivity contribution in [3.63, 3.8) is 0 Å². The van der Waals surface area contributed by atoms with Crippen molar-refractivity contribution in [2.75, 3.05) is 11.1 Å². The molecule has 4 nitrogen and oxygen atoms in total. The lowest BCUT2D eigenvalue weighted by Gasteiger charge is -2.21. The van der Waals surface area contributed by atoms with Crippen LogP contribution in [0.25, 0.3) is 0 Å². The number of amides is 1. The number of fused-ring (bicyclic) bond motifs is 1. The van der Waals surface area contributed by atoms with E-state index in [-0.39, 0.29) is 11.7 Å². The maximum absolute atomic E-state index is 12.2. The molecule has 0 saturated carbocycles. The Bertz CT molecular complexity index is 895. The third-order valence-corrected chi connectivity index (χ3v) is 5.82. The third kappa shape index (κ3) is 4.50. The standard InChI is InChI=1S/C19H17Cl2N3OS/c1-11-2-5-16-12(6-11)7-13(9-22)19(24-16)26-10-18(25)23-17-8-14(20)3-4-15(17)21/h3-4,7-8,11H,2,5-6,10H2,1H3,(H,23,25). The van der Waals surface area contributed by atoms with E-state index in [1.807, 2.05) is 6.07 Å². The molecule has 0 aliphatic heterocycles. The summed E-state index contributed by atoms with van der Waals surface area (Å²) in [6.45, 7) is 2.21. The number of hydrogen-bond acceptors (Lipinski definition) is 4. The smallest absolute Gasteiger partial charge is 0.234 e. The van der Waals surface area contributed by atoms with Crippen LogP contribution < -0.4 is 5.32 Å². The monoisotopic (exact) mass is 405 g/mol. The van der Waals surface area contributed by atoms with E-state index in [0.717, 1.165) is 30.5 Å². The van der Waals surface area contributed by atoms with Crippen molar-refractivity contribution in [3.8, 4) is 6.07 Å². The van der Waals surface area contributed by atoms with Crippen LogP contribution in [0.3, 0.4) is 0 Å². The summed E-state index contributed by atoms with van der Waals surface area (Å²) in [6.07, 6.45) is 2.97. The van der Waals surface area contributed by atoms with Crippen LogP contribution in [0.2, 0.25) is 10.0 Å². The van der Waals surface area contributed by atoms with Crippen LogP contribution in [0.15, 0.2) is 29.3 Å². The highest BCUT2D eigenvalue weighted by Crippen LogP contribution is 2.30. The largest absolute Gasteiger partial charge is 0.324 e. The molecule has 0 saturated heterocycles. The van der Waals surface area contributed by atoms with Crippen LogP contribution in [0.1, 0.15) is 30.2 Å². The average Bonchev–Trinajstić information content (AvgIpc) is 2.62. The molecule has 0 spiro atoms. The van der Waals surface area contributed by atoms with E-state index >= 15 is 0 Å². The summed E-state index contributed by atoms with van der Waals surface area (Å²) in [5, 5.41) is 13.7. The SMILES string of the molecule is CC1CCc2nc(SCC(=O)Nc3cc(Cl)ccc3Cl)c(C#N)cc2C1. The Morgan fingerprint density at radius 1 is 1.42 bits per heavy atom. The normalized spacial score (nSPS) is 15.8. The Morgan fingerprint density at radius 2 is 2.23 bits per heavy atom. The van der Waals surface area contributed by atoms with E-state index in [2.05, 4.69) is 23.3 Å². The Morgan fingerprint density at radius 3 is 3.00 bits per heavy atom. The molecule has 1 aromatic heterocycles. The summed E-state index contributed by atoms with van der Waals surface area (Å²) in [5.41, 5.74) is 3.19. The maximum atomic E-state index is 12.2. The molecule has 26 heavy (non-hydrogen) atoms. The number of halogens is 2. The topological polar surface area (TPSA) is 65.8 Å². The van der Waals surface area contributed by atoms with Gasteiger partial charge in [0.2, 0.25) is 5.91 Å². The van der Waals surface area contributed by atoms with Gasteiger partial charge in [-0.3, -0.25) is 4.79 Å². The molecule has 0 bridgehead atoms. The molecule has 1 N–H and O–H groups in total. The lowest BCUT2D eigenvalue weighted by molar-refractivity contribution is -0.113. The fourth-order valence-electron chi connectivity index (χ4n) is 2.93. The number of thioether (sulfide) groups is 1. The number of nitrogens with zero attached hydrogens (tertiary/aromatic N) is 2. The zero-order valence-corrected chi connectivity index (χ0v) is 16.5. The molecule has 7 heteroatoms. The van der Waals surface area contributed by atoms with Crippen LogP contribution in [0, 0.1) is 17.2 Å². The number of benzene rings is 1. The van der Waals surface area contributed by atoms with Gasteiger partial charge in [-0.05, 0) is 55.0 Å². The molecule has 3 rings (SSSR count). The minimum atomic E-state index is -0.226. The fraction of sp³-hybridized carbons (Fsp3) is 0.316. The highest BCUT2D eigenvalue weighted by Gasteiger charge is 2.20. The first-order chi connectivity index (χ1) is 12.5. The van der Waals surface area contributed by atoms with E-state index in [1.54, 1.807) is 18.2 Å². The molecule has 2 aromatic rings. The molecule has 1 aromatic carbocycles. The van der Waals surface area contributed by atoms with Gasteiger partial charge in [-0.2, -0.15) is 5.26 Å². The van der Waals surface area contributed by atoms with Crippen molar-refractivity contribution < 1.29 is 4.79 Å². The number of anilines is 1. The lowest BCUT2D eigenvalue weighted by atomic mass is 9.87. The molecule has 1 amide bonds. The number of hydrogen-bond donors (Lipinski definition) is 1. The zero-order chi connectivity index (χ0) is 18.7. The Labute approximate surface area is 166 Å². The number of rotatable bonds is 4. The van der Waals surface area contributed by atoms with Gasteiger partial charge in [0.25, 0.3) is 0 Å². The summed E-state index contributed by atoms with van der Waals surface area (Å²) in [4.78, 5) is 16.9. The van der Waals surface area contributed by atoms with Crippen LogP contribution in [-0.2, 0) is 17.6 Å². The van der Waals surface area contributed by atoms with Gasteiger partial charge in [-0.25, -0.2) is 4.98 Å². The zero-order valence-electron chi connectivity index (χ0n) is 14.2. The number of pyridine rings is 1.